The van der Waals surface area contributed by atoms with E-state index in [4.69, 9.17) is 16.3 Å². The molecule has 0 fully saturated rings. The number of carbonyl (C=O) groups excluding carboxylic acids is 1. The van der Waals surface area contributed by atoms with Gasteiger partial charge >= 0.3 is 6.03 Å². The van der Waals surface area contributed by atoms with E-state index in [1.54, 1.807) is 66.7 Å². The summed E-state index contributed by atoms with van der Waals surface area (Å²) < 4.78 is 32.6. The first-order valence-corrected chi connectivity index (χ1v) is 11.3. The molecule has 3 aromatic carbocycles. The number of carbonyl (C=O) groups is 1. The van der Waals surface area contributed by atoms with Crippen molar-refractivity contribution < 1.29 is 17.9 Å². The van der Waals surface area contributed by atoms with Crippen LogP contribution in [0.1, 0.15) is 5.56 Å². The molecule has 0 atom stereocenters. The Bertz CT molecular complexity index is 1230. The van der Waals surface area contributed by atoms with Crippen LogP contribution in [0.15, 0.2) is 71.6 Å². The van der Waals surface area contributed by atoms with Gasteiger partial charge in [0, 0.05) is 17.3 Å². The molecule has 1 heterocycles. The van der Waals surface area contributed by atoms with E-state index in [9.17, 15) is 13.2 Å². The van der Waals surface area contributed by atoms with Gasteiger partial charge in [0.25, 0.3) is 10.0 Å². The number of fused-ring (bicyclic) bond motifs is 1. The molecular formula is C22H20ClN3O4S. The molecule has 2 amide bonds. The molecule has 3 aromatic rings. The van der Waals surface area contributed by atoms with Crippen LogP contribution in [0, 0.1) is 0 Å². The lowest BCUT2D eigenvalue weighted by Crippen LogP contribution is -2.29. The highest BCUT2D eigenvalue weighted by Crippen LogP contribution is 2.35. The largest absolute Gasteiger partial charge is 0.495 e. The van der Waals surface area contributed by atoms with E-state index in [2.05, 4.69) is 10.6 Å². The summed E-state index contributed by atoms with van der Waals surface area (Å²) in [4.78, 5) is 12.7. The molecule has 0 spiro atoms. The zero-order chi connectivity index (χ0) is 22.0. The van der Waals surface area contributed by atoms with Gasteiger partial charge in [0.2, 0.25) is 0 Å². The van der Waals surface area contributed by atoms with Crippen molar-refractivity contribution in [2.24, 2.45) is 0 Å². The van der Waals surface area contributed by atoms with Crippen LogP contribution in [0.4, 0.5) is 21.9 Å². The van der Waals surface area contributed by atoms with Gasteiger partial charge in [-0.05, 0) is 60.5 Å². The normalized spacial score (nSPS) is 12.9. The van der Waals surface area contributed by atoms with Gasteiger partial charge in [-0.15, -0.1) is 0 Å². The molecular weight excluding hydrogens is 438 g/mol. The van der Waals surface area contributed by atoms with Gasteiger partial charge < -0.3 is 15.4 Å². The van der Waals surface area contributed by atoms with Crippen LogP contribution in [0.25, 0.3) is 0 Å². The predicted octanol–water partition coefficient (Wildman–Crippen LogP) is 4.74. The number of hydrogen-bond acceptors (Lipinski definition) is 4. The van der Waals surface area contributed by atoms with Crippen LogP contribution in [0.5, 0.6) is 5.75 Å². The third kappa shape index (κ3) is 4.30. The molecule has 4 rings (SSSR count). The maximum absolute atomic E-state index is 13.0. The van der Waals surface area contributed by atoms with E-state index in [1.165, 1.54) is 11.4 Å². The summed E-state index contributed by atoms with van der Waals surface area (Å²) in [6, 6.07) is 18.0. The van der Waals surface area contributed by atoms with Crippen molar-refractivity contribution in [2.75, 3.05) is 28.6 Å². The second-order valence-electron chi connectivity index (χ2n) is 6.91. The monoisotopic (exact) mass is 457 g/mol. The number of benzene rings is 3. The van der Waals surface area contributed by atoms with E-state index in [0.29, 0.717) is 40.8 Å². The molecule has 0 aromatic heterocycles. The molecule has 7 nitrogen and oxygen atoms in total. The fourth-order valence-electron chi connectivity index (χ4n) is 3.48. The molecule has 2 N–H and O–H groups in total. The van der Waals surface area contributed by atoms with Crippen molar-refractivity contribution in [1.82, 2.24) is 0 Å². The Morgan fingerprint density at radius 2 is 1.81 bits per heavy atom. The average Bonchev–Trinajstić information content (AvgIpc) is 3.18. The number of hydrogen-bond donors (Lipinski definition) is 2. The summed E-state index contributed by atoms with van der Waals surface area (Å²) in [5, 5.41) is 5.93. The molecule has 9 heteroatoms. The van der Waals surface area contributed by atoms with Crippen LogP contribution in [0.3, 0.4) is 0 Å². The molecule has 160 valence electrons. The van der Waals surface area contributed by atoms with Crippen LogP contribution < -0.4 is 19.7 Å². The van der Waals surface area contributed by atoms with E-state index in [1.807, 2.05) is 0 Å². The highest BCUT2D eigenvalue weighted by atomic mass is 35.5. The molecule has 0 bridgehead atoms. The Kier molecular flexibility index (Phi) is 5.75. The van der Waals surface area contributed by atoms with Crippen molar-refractivity contribution in [3.8, 4) is 5.75 Å². The zero-order valence-corrected chi connectivity index (χ0v) is 18.2. The molecule has 0 saturated heterocycles. The van der Waals surface area contributed by atoms with Crippen molar-refractivity contribution in [3.63, 3.8) is 0 Å². The number of urea groups is 1. The molecule has 31 heavy (non-hydrogen) atoms. The van der Waals surface area contributed by atoms with Gasteiger partial charge in [0.1, 0.15) is 5.75 Å². The van der Waals surface area contributed by atoms with Gasteiger partial charge in [-0.2, -0.15) is 0 Å². The molecule has 0 saturated carbocycles. The smallest absolute Gasteiger partial charge is 0.323 e. The molecule has 0 radical (unpaired) electrons. The van der Waals surface area contributed by atoms with E-state index in [-0.39, 0.29) is 4.90 Å². The lowest BCUT2D eigenvalue weighted by Gasteiger charge is -2.20. The first-order valence-electron chi connectivity index (χ1n) is 9.51. The summed E-state index contributed by atoms with van der Waals surface area (Å²) in [7, 11) is -2.13. The van der Waals surface area contributed by atoms with Crippen LogP contribution >= 0.6 is 11.6 Å². The van der Waals surface area contributed by atoms with Crippen molar-refractivity contribution in [3.05, 3.63) is 77.3 Å². The highest BCUT2D eigenvalue weighted by molar-refractivity contribution is 7.92. The average molecular weight is 458 g/mol. The van der Waals surface area contributed by atoms with Crippen LogP contribution in [-0.4, -0.2) is 28.1 Å². The molecule has 0 unspecified atom stereocenters. The van der Waals surface area contributed by atoms with Crippen molar-refractivity contribution in [2.45, 2.75) is 11.3 Å². The number of rotatable bonds is 5. The lowest BCUT2D eigenvalue weighted by atomic mass is 10.1. The van der Waals surface area contributed by atoms with Gasteiger partial charge in [0.05, 0.1) is 23.4 Å². The first-order chi connectivity index (χ1) is 14.9. The fourth-order valence-corrected chi connectivity index (χ4v) is 5.18. The second-order valence-corrected chi connectivity index (χ2v) is 9.21. The Balaban J connectivity index is 1.51. The van der Waals surface area contributed by atoms with Crippen molar-refractivity contribution in [1.29, 1.82) is 0 Å². The number of ether oxygens (including phenoxy) is 1. The Morgan fingerprint density at radius 3 is 2.55 bits per heavy atom. The van der Waals surface area contributed by atoms with Gasteiger partial charge in [-0.25, -0.2) is 13.2 Å². The van der Waals surface area contributed by atoms with E-state index in [0.717, 1.165) is 5.56 Å². The number of sulfonamides is 1. The minimum atomic E-state index is -3.63. The standard InChI is InChI=1S/C22H20ClN3O4S/c1-30-21-10-7-16(23)14-19(21)25-22(27)24-17-8-9-20-15(13-17)11-12-26(20)31(28,29)18-5-3-2-4-6-18/h2-10,13-14H,11-12H2,1H3,(H2,24,25,27). The number of nitrogens with zero attached hydrogens (tertiary/aromatic N) is 1. The van der Waals surface area contributed by atoms with Crippen molar-refractivity contribution >= 4 is 44.7 Å². The first kappa shape index (κ1) is 21.0. The van der Waals surface area contributed by atoms with Crippen LogP contribution in [0.2, 0.25) is 5.02 Å². The maximum Gasteiger partial charge on any atom is 0.323 e. The Morgan fingerprint density at radius 1 is 1.03 bits per heavy atom. The topological polar surface area (TPSA) is 87.7 Å². The third-order valence-corrected chi connectivity index (χ3v) is 6.99. The second kappa shape index (κ2) is 8.49. The van der Waals surface area contributed by atoms with Crippen LogP contribution in [-0.2, 0) is 16.4 Å². The minimum absolute atomic E-state index is 0.250. The summed E-state index contributed by atoms with van der Waals surface area (Å²) in [5.74, 6) is 0.482. The van der Waals surface area contributed by atoms with Gasteiger partial charge in [-0.3, -0.25) is 4.31 Å². The summed E-state index contributed by atoms with van der Waals surface area (Å²) in [6.45, 7) is 0.349. The lowest BCUT2D eigenvalue weighted by molar-refractivity contribution is 0.262. The minimum Gasteiger partial charge on any atom is -0.495 e. The van der Waals surface area contributed by atoms with Gasteiger partial charge in [-0.1, -0.05) is 29.8 Å². The van der Waals surface area contributed by atoms with E-state index < -0.39 is 16.1 Å². The summed E-state index contributed by atoms with van der Waals surface area (Å²) in [6.07, 6.45) is 0.556. The number of nitrogens with one attached hydrogen (secondary N) is 2. The Hall–Kier alpha value is -3.23. The van der Waals surface area contributed by atoms with E-state index >= 15 is 0 Å². The maximum atomic E-state index is 13.0. The number of halogens is 1. The fraction of sp³-hybridized carbons (Fsp3) is 0.136. The summed E-state index contributed by atoms with van der Waals surface area (Å²) in [5.41, 5.74) is 2.45. The highest BCUT2D eigenvalue weighted by Gasteiger charge is 2.30. The molecule has 1 aliphatic rings. The van der Waals surface area contributed by atoms with Gasteiger partial charge in [0.15, 0.2) is 0 Å². The molecule has 1 aliphatic heterocycles. The number of anilines is 3. The predicted molar refractivity (Wildman–Crippen MR) is 122 cm³/mol. The Labute approximate surface area is 185 Å². The zero-order valence-electron chi connectivity index (χ0n) is 16.6. The summed E-state index contributed by atoms with van der Waals surface area (Å²) >= 11 is 6.00. The molecule has 0 aliphatic carbocycles. The quantitative estimate of drug-likeness (QED) is 0.579. The number of methoxy groups -OCH3 is 1. The third-order valence-electron chi connectivity index (χ3n) is 4.93. The SMILES string of the molecule is COc1ccc(Cl)cc1NC(=O)Nc1ccc2c(c1)CCN2S(=O)(=O)c1ccccc1. The number of amides is 2.